The van der Waals surface area contributed by atoms with Crippen molar-refractivity contribution < 1.29 is 4.79 Å². The minimum atomic E-state index is -0.224. The van der Waals surface area contributed by atoms with E-state index in [0.29, 0.717) is 17.6 Å². The quantitative estimate of drug-likeness (QED) is 0.830. The lowest BCUT2D eigenvalue weighted by molar-refractivity contribution is -0.217. The normalized spacial score (nSPS) is 40.8. The van der Waals surface area contributed by atoms with Gasteiger partial charge in [0.2, 0.25) is 0 Å². The number of carbonyl (C=O) groups is 1. The molecule has 0 atom stereocenters. The van der Waals surface area contributed by atoms with Crippen LogP contribution in [0.2, 0.25) is 5.02 Å². The molecule has 4 aliphatic heterocycles. The van der Waals surface area contributed by atoms with Crippen LogP contribution >= 0.6 is 11.6 Å². The summed E-state index contributed by atoms with van der Waals surface area (Å²) in [6.07, 6.45) is 0.213. The Kier molecular flexibility index (Phi) is 3.66. The number of nitrogens with zero attached hydrogens (tertiary/aromatic N) is 2. The second kappa shape index (κ2) is 5.30. The zero-order valence-electron chi connectivity index (χ0n) is 15.1. The molecule has 1 aromatic rings. The monoisotopic (exact) mass is 346 g/mol. The topological polar surface area (TPSA) is 23.6 Å². The first-order valence-electron chi connectivity index (χ1n) is 9.09. The molecule has 4 saturated heterocycles. The average molecular weight is 347 g/mol. The average Bonchev–Trinajstić information content (AvgIpc) is 2.52. The van der Waals surface area contributed by atoms with E-state index in [1.54, 1.807) is 0 Å². The van der Waals surface area contributed by atoms with Gasteiger partial charge in [-0.1, -0.05) is 57.5 Å². The molecule has 1 aromatic carbocycles. The summed E-state index contributed by atoms with van der Waals surface area (Å²) in [6.45, 7) is 12.3. The van der Waals surface area contributed by atoms with Gasteiger partial charge in [0, 0.05) is 36.8 Å². The summed E-state index contributed by atoms with van der Waals surface area (Å²) in [6, 6.07) is 8.17. The molecule has 0 aliphatic carbocycles. The molecule has 5 rings (SSSR count). The molecular formula is C20H27ClN2O. The summed E-state index contributed by atoms with van der Waals surface area (Å²) in [5, 5.41) is 0.832. The van der Waals surface area contributed by atoms with Gasteiger partial charge in [0.15, 0.2) is 5.78 Å². The Labute approximate surface area is 150 Å². The number of piperidine rings is 2. The van der Waals surface area contributed by atoms with Crippen LogP contribution in [0, 0.1) is 22.7 Å². The fourth-order valence-electron chi connectivity index (χ4n) is 5.35. The van der Waals surface area contributed by atoms with Crippen LogP contribution in [0.15, 0.2) is 24.3 Å². The predicted octanol–water partition coefficient (Wildman–Crippen LogP) is 3.84. The van der Waals surface area contributed by atoms with Gasteiger partial charge in [-0.2, -0.15) is 0 Å². The molecule has 24 heavy (non-hydrogen) atoms. The van der Waals surface area contributed by atoms with Crippen LogP contribution in [0.1, 0.15) is 39.4 Å². The molecular weight excluding hydrogens is 320 g/mol. The minimum Gasteiger partial charge on any atom is -0.298 e. The van der Waals surface area contributed by atoms with Crippen LogP contribution < -0.4 is 0 Å². The molecule has 0 aromatic heterocycles. The number of carbonyl (C=O) groups excluding carboxylic acids is 1. The van der Waals surface area contributed by atoms with Crippen LogP contribution in [0.4, 0.5) is 0 Å². The third kappa shape index (κ3) is 1.95. The van der Waals surface area contributed by atoms with E-state index >= 15 is 0 Å². The maximum atomic E-state index is 13.5. The van der Waals surface area contributed by atoms with E-state index in [-0.39, 0.29) is 17.0 Å². The lowest BCUT2D eigenvalue weighted by Gasteiger charge is -2.68. The Morgan fingerprint density at radius 3 is 1.83 bits per heavy atom. The molecule has 4 heteroatoms. The third-order valence-corrected chi connectivity index (χ3v) is 7.28. The lowest BCUT2D eigenvalue weighted by Crippen LogP contribution is -2.78. The van der Waals surface area contributed by atoms with Gasteiger partial charge >= 0.3 is 0 Å². The van der Waals surface area contributed by atoms with Crippen molar-refractivity contribution >= 4 is 17.4 Å². The van der Waals surface area contributed by atoms with Gasteiger partial charge in [0.1, 0.15) is 0 Å². The smallest absolute Gasteiger partial charge is 0.150 e. The number of benzene rings is 1. The molecule has 3 nitrogen and oxygen atoms in total. The molecule has 0 N–H and O–H groups in total. The van der Waals surface area contributed by atoms with Gasteiger partial charge in [-0.15, -0.1) is 0 Å². The number of ketones is 1. The Balaban J connectivity index is 1.81. The van der Waals surface area contributed by atoms with Gasteiger partial charge in [-0.25, -0.2) is 0 Å². The van der Waals surface area contributed by atoms with Crippen LogP contribution in [-0.4, -0.2) is 41.8 Å². The van der Waals surface area contributed by atoms with Gasteiger partial charge in [-0.05, 0) is 17.9 Å². The Hall–Kier alpha value is -0.900. The van der Waals surface area contributed by atoms with E-state index in [4.69, 9.17) is 11.6 Å². The van der Waals surface area contributed by atoms with E-state index in [2.05, 4.69) is 49.6 Å². The van der Waals surface area contributed by atoms with Crippen molar-refractivity contribution in [1.29, 1.82) is 0 Å². The molecule has 0 radical (unpaired) electrons. The Bertz CT molecular complexity index is 638. The first-order chi connectivity index (χ1) is 11.3. The van der Waals surface area contributed by atoms with Crippen molar-refractivity contribution in [3.05, 3.63) is 34.9 Å². The number of Topliss-reactive ketones (excluding diaryl/α,β-unsaturated/α-hetero) is 1. The van der Waals surface area contributed by atoms with Crippen LogP contribution in [-0.2, 0) is 4.79 Å². The highest BCUT2D eigenvalue weighted by molar-refractivity contribution is 6.31. The van der Waals surface area contributed by atoms with Gasteiger partial charge in [0.25, 0.3) is 0 Å². The van der Waals surface area contributed by atoms with Crippen molar-refractivity contribution in [2.45, 2.75) is 33.9 Å². The zero-order chi connectivity index (χ0) is 17.3. The number of rotatable bonds is 3. The van der Waals surface area contributed by atoms with Crippen molar-refractivity contribution in [1.82, 2.24) is 9.80 Å². The molecule has 0 amide bonds. The van der Waals surface area contributed by atoms with E-state index in [0.717, 1.165) is 31.2 Å². The van der Waals surface area contributed by atoms with Gasteiger partial charge in [0.05, 0.1) is 17.0 Å². The Morgan fingerprint density at radius 2 is 1.42 bits per heavy atom. The van der Waals surface area contributed by atoms with E-state index < -0.39 is 0 Å². The van der Waals surface area contributed by atoms with Crippen molar-refractivity contribution in [3.63, 3.8) is 0 Å². The molecule has 0 saturated carbocycles. The first kappa shape index (κ1) is 16.6. The minimum absolute atomic E-state index is 0.213. The SMILES string of the molecule is CC(C)C12CN3CC(C(C)C)(CN(C1)C3c1ccccc1Cl)C2=O. The first-order valence-corrected chi connectivity index (χ1v) is 9.47. The fourth-order valence-corrected chi connectivity index (χ4v) is 5.59. The third-order valence-electron chi connectivity index (χ3n) is 6.93. The Morgan fingerprint density at radius 1 is 0.958 bits per heavy atom. The predicted molar refractivity (Wildman–Crippen MR) is 96.9 cm³/mol. The summed E-state index contributed by atoms with van der Waals surface area (Å²) in [5.41, 5.74) is 0.736. The molecule has 0 unspecified atom stereocenters. The highest BCUT2D eigenvalue weighted by Crippen LogP contribution is 2.57. The summed E-state index contributed by atoms with van der Waals surface area (Å²) in [5.74, 6) is 1.24. The highest BCUT2D eigenvalue weighted by atomic mass is 35.5. The lowest BCUT2D eigenvalue weighted by atomic mass is 9.53. The van der Waals surface area contributed by atoms with Gasteiger partial charge < -0.3 is 0 Å². The number of hydrogen-bond acceptors (Lipinski definition) is 3. The molecule has 4 bridgehead atoms. The second-order valence-electron chi connectivity index (χ2n) is 8.66. The van der Waals surface area contributed by atoms with Crippen LogP contribution in [0.5, 0.6) is 0 Å². The van der Waals surface area contributed by atoms with E-state index in [1.165, 1.54) is 5.56 Å². The molecule has 130 valence electrons. The maximum absolute atomic E-state index is 13.5. The van der Waals surface area contributed by atoms with Crippen molar-refractivity contribution in [3.8, 4) is 0 Å². The molecule has 4 aliphatic rings. The number of halogens is 1. The molecule has 0 spiro atoms. The largest absolute Gasteiger partial charge is 0.298 e. The standard InChI is InChI=1S/C20H27ClN2O/c1-13(2)19-9-22-11-20(14(3)4,18(19)24)12-23(10-19)17(22)15-7-5-6-8-16(15)21/h5-8,13-14,17H,9-12H2,1-4H3. The number of hydrogen-bond donors (Lipinski definition) is 0. The van der Waals surface area contributed by atoms with Crippen LogP contribution in [0.3, 0.4) is 0 Å². The van der Waals surface area contributed by atoms with E-state index in [9.17, 15) is 4.79 Å². The fraction of sp³-hybridized carbons (Fsp3) is 0.650. The summed E-state index contributed by atoms with van der Waals surface area (Å²) >= 11 is 6.52. The van der Waals surface area contributed by atoms with Crippen molar-refractivity contribution in [2.75, 3.05) is 26.2 Å². The van der Waals surface area contributed by atoms with Gasteiger partial charge in [-0.3, -0.25) is 14.6 Å². The van der Waals surface area contributed by atoms with E-state index in [1.807, 2.05) is 12.1 Å². The van der Waals surface area contributed by atoms with Crippen molar-refractivity contribution in [2.24, 2.45) is 22.7 Å². The summed E-state index contributed by atoms with van der Waals surface area (Å²) in [4.78, 5) is 18.6. The van der Waals surface area contributed by atoms with Crippen LogP contribution in [0.25, 0.3) is 0 Å². The second-order valence-corrected chi connectivity index (χ2v) is 9.06. The summed E-state index contributed by atoms with van der Waals surface area (Å²) in [7, 11) is 0. The molecule has 4 fully saturated rings. The summed E-state index contributed by atoms with van der Waals surface area (Å²) < 4.78 is 0. The highest BCUT2D eigenvalue weighted by Gasteiger charge is 2.67. The molecule has 4 heterocycles. The zero-order valence-corrected chi connectivity index (χ0v) is 15.8. The maximum Gasteiger partial charge on any atom is 0.150 e.